The number of ether oxygens (including phenoxy) is 1. The van der Waals surface area contributed by atoms with E-state index in [4.69, 9.17) is 4.74 Å². The van der Waals surface area contributed by atoms with Crippen LogP contribution in [0.2, 0.25) is 0 Å². The lowest BCUT2D eigenvalue weighted by molar-refractivity contribution is 0.0258. The molecule has 4 atom stereocenters. The van der Waals surface area contributed by atoms with Crippen molar-refractivity contribution >= 4 is 0 Å². The molecule has 0 amide bonds. The Labute approximate surface area is 119 Å². The quantitative estimate of drug-likeness (QED) is 0.821. The molecule has 4 heteroatoms. The second-order valence-corrected chi connectivity index (χ2v) is 6.40. The summed E-state index contributed by atoms with van der Waals surface area (Å²) in [6.07, 6.45) is 2.97. The maximum absolute atomic E-state index is 10.5. The van der Waals surface area contributed by atoms with E-state index >= 15 is 0 Å². The van der Waals surface area contributed by atoms with Crippen LogP contribution in [0.3, 0.4) is 0 Å². The van der Waals surface area contributed by atoms with Crippen molar-refractivity contribution in [3.05, 3.63) is 23.3 Å². The molecule has 20 heavy (non-hydrogen) atoms. The van der Waals surface area contributed by atoms with Crippen LogP contribution in [0, 0.1) is 5.92 Å². The van der Waals surface area contributed by atoms with E-state index in [1.165, 1.54) is 12.0 Å². The van der Waals surface area contributed by atoms with Crippen molar-refractivity contribution in [1.29, 1.82) is 0 Å². The van der Waals surface area contributed by atoms with Gasteiger partial charge in [0.1, 0.15) is 0 Å². The van der Waals surface area contributed by atoms with Crippen LogP contribution in [0.4, 0.5) is 0 Å². The predicted octanol–water partition coefficient (Wildman–Crippen LogP) is 1.84. The second-order valence-electron chi connectivity index (χ2n) is 6.40. The molecule has 2 fully saturated rings. The molecule has 1 saturated heterocycles. The largest absolute Gasteiger partial charge is 0.504 e. The standard InChI is InChI=1S/C16H21NO3/c1-20-14-6-10-8-17-5-4-9-2-3-12(18)15(16(9)17)11(10)7-13(14)19/h6-7,9,12,15-16,18-19H,2-5,8H2,1H3. The SMILES string of the molecule is COc1cc2c(cc1O)C1C(O)CCC3CCN(C2)C31. The van der Waals surface area contributed by atoms with Crippen LogP contribution >= 0.6 is 0 Å². The van der Waals surface area contributed by atoms with Gasteiger partial charge in [-0.2, -0.15) is 0 Å². The highest BCUT2D eigenvalue weighted by atomic mass is 16.5. The average Bonchev–Trinajstić information content (AvgIpc) is 2.85. The van der Waals surface area contributed by atoms with Gasteiger partial charge in [0.15, 0.2) is 11.5 Å². The van der Waals surface area contributed by atoms with Gasteiger partial charge in [-0.3, -0.25) is 4.90 Å². The number of rotatable bonds is 1. The first-order valence-corrected chi connectivity index (χ1v) is 7.51. The molecule has 108 valence electrons. The summed E-state index contributed by atoms with van der Waals surface area (Å²) in [6.45, 7) is 2.04. The van der Waals surface area contributed by atoms with Crippen LogP contribution in [-0.4, -0.2) is 40.9 Å². The highest BCUT2D eigenvalue weighted by Gasteiger charge is 2.49. The van der Waals surface area contributed by atoms with Gasteiger partial charge in [0.05, 0.1) is 13.2 Å². The molecule has 2 N–H and O–H groups in total. The molecule has 1 saturated carbocycles. The number of aromatic hydroxyl groups is 1. The van der Waals surface area contributed by atoms with Crippen LogP contribution in [-0.2, 0) is 6.54 Å². The van der Waals surface area contributed by atoms with E-state index in [0.717, 1.165) is 31.5 Å². The topological polar surface area (TPSA) is 52.9 Å². The zero-order chi connectivity index (χ0) is 13.9. The molecule has 0 spiro atoms. The summed E-state index contributed by atoms with van der Waals surface area (Å²) in [5.41, 5.74) is 2.33. The predicted molar refractivity (Wildman–Crippen MR) is 74.9 cm³/mol. The van der Waals surface area contributed by atoms with E-state index in [-0.39, 0.29) is 17.8 Å². The van der Waals surface area contributed by atoms with Gasteiger partial charge in [-0.05, 0) is 55.0 Å². The number of methoxy groups -OCH3 is 1. The Kier molecular flexibility index (Phi) is 2.72. The minimum Gasteiger partial charge on any atom is -0.504 e. The van der Waals surface area contributed by atoms with Crippen molar-refractivity contribution in [2.24, 2.45) is 5.92 Å². The first-order chi connectivity index (χ1) is 9.69. The molecule has 4 rings (SSSR count). The lowest BCUT2D eigenvalue weighted by Gasteiger charge is -2.46. The summed E-state index contributed by atoms with van der Waals surface area (Å²) in [7, 11) is 1.58. The number of phenolic OH excluding ortho intramolecular Hbond substituents is 1. The van der Waals surface area contributed by atoms with E-state index in [1.54, 1.807) is 7.11 Å². The van der Waals surface area contributed by atoms with E-state index in [2.05, 4.69) is 4.90 Å². The molecule has 2 aliphatic heterocycles. The van der Waals surface area contributed by atoms with Gasteiger partial charge in [-0.1, -0.05) is 0 Å². The number of hydrogen-bond acceptors (Lipinski definition) is 4. The summed E-state index contributed by atoms with van der Waals surface area (Å²) in [6, 6.07) is 4.22. The third kappa shape index (κ3) is 1.61. The Morgan fingerprint density at radius 1 is 1.25 bits per heavy atom. The molecule has 0 aromatic heterocycles. The summed E-state index contributed by atoms with van der Waals surface area (Å²) < 4.78 is 5.22. The van der Waals surface area contributed by atoms with Gasteiger partial charge in [0.25, 0.3) is 0 Å². The molecule has 0 radical (unpaired) electrons. The minimum atomic E-state index is -0.288. The zero-order valence-electron chi connectivity index (χ0n) is 11.7. The van der Waals surface area contributed by atoms with Gasteiger partial charge in [-0.15, -0.1) is 0 Å². The number of nitrogens with zero attached hydrogens (tertiary/aromatic N) is 1. The monoisotopic (exact) mass is 275 g/mol. The van der Waals surface area contributed by atoms with Gasteiger partial charge in [0.2, 0.25) is 0 Å². The number of aliphatic hydroxyl groups excluding tert-OH is 1. The van der Waals surface area contributed by atoms with Crippen molar-refractivity contribution in [3.8, 4) is 11.5 Å². The van der Waals surface area contributed by atoms with Crippen LogP contribution in [0.15, 0.2) is 12.1 Å². The number of benzene rings is 1. The fraction of sp³-hybridized carbons (Fsp3) is 0.625. The van der Waals surface area contributed by atoms with Crippen LogP contribution in [0.5, 0.6) is 11.5 Å². The smallest absolute Gasteiger partial charge is 0.160 e. The highest BCUT2D eigenvalue weighted by Crippen LogP contribution is 2.50. The van der Waals surface area contributed by atoms with E-state index in [9.17, 15) is 10.2 Å². The van der Waals surface area contributed by atoms with Crippen molar-refractivity contribution in [1.82, 2.24) is 4.90 Å². The zero-order valence-corrected chi connectivity index (χ0v) is 11.7. The molecule has 1 aliphatic carbocycles. The van der Waals surface area contributed by atoms with Gasteiger partial charge < -0.3 is 14.9 Å². The van der Waals surface area contributed by atoms with Crippen molar-refractivity contribution in [3.63, 3.8) is 0 Å². The number of fused-ring (bicyclic) bond motifs is 2. The minimum absolute atomic E-state index is 0.150. The van der Waals surface area contributed by atoms with Crippen LogP contribution in [0.25, 0.3) is 0 Å². The first kappa shape index (κ1) is 12.5. The second kappa shape index (κ2) is 4.37. The number of aliphatic hydroxyl groups is 1. The molecule has 1 aromatic rings. The third-order valence-corrected chi connectivity index (χ3v) is 5.48. The summed E-state index contributed by atoms with van der Waals surface area (Å²) in [5.74, 6) is 1.58. The summed E-state index contributed by atoms with van der Waals surface area (Å²) in [4.78, 5) is 2.51. The average molecular weight is 275 g/mol. The van der Waals surface area contributed by atoms with Crippen molar-refractivity contribution in [2.45, 2.75) is 43.9 Å². The first-order valence-electron chi connectivity index (χ1n) is 7.51. The van der Waals surface area contributed by atoms with Gasteiger partial charge in [0, 0.05) is 18.5 Å². The third-order valence-electron chi connectivity index (χ3n) is 5.48. The Morgan fingerprint density at radius 3 is 2.90 bits per heavy atom. The molecule has 4 nitrogen and oxygen atoms in total. The number of hydrogen-bond donors (Lipinski definition) is 2. The number of phenols is 1. The van der Waals surface area contributed by atoms with E-state index < -0.39 is 0 Å². The van der Waals surface area contributed by atoms with Crippen LogP contribution in [0.1, 0.15) is 36.3 Å². The van der Waals surface area contributed by atoms with E-state index in [1.807, 2.05) is 12.1 Å². The summed E-state index contributed by atoms with van der Waals surface area (Å²) >= 11 is 0. The summed E-state index contributed by atoms with van der Waals surface area (Å²) in [5, 5.41) is 20.6. The normalized spacial score (nSPS) is 35.5. The van der Waals surface area contributed by atoms with Crippen molar-refractivity contribution in [2.75, 3.05) is 13.7 Å². The Morgan fingerprint density at radius 2 is 2.10 bits per heavy atom. The maximum Gasteiger partial charge on any atom is 0.160 e. The fourth-order valence-corrected chi connectivity index (χ4v) is 4.61. The molecular weight excluding hydrogens is 254 g/mol. The molecule has 3 aliphatic rings. The molecule has 4 unspecified atom stereocenters. The Bertz CT molecular complexity index is 545. The molecule has 0 bridgehead atoms. The van der Waals surface area contributed by atoms with Gasteiger partial charge in [-0.25, -0.2) is 0 Å². The lowest BCUT2D eigenvalue weighted by Crippen LogP contribution is -2.48. The molecule has 2 heterocycles. The Hall–Kier alpha value is -1.26. The van der Waals surface area contributed by atoms with E-state index in [0.29, 0.717) is 17.7 Å². The molecule has 1 aromatic carbocycles. The Balaban J connectivity index is 1.84. The van der Waals surface area contributed by atoms with Crippen LogP contribution < -0.4 is 4.74 Å². The van der Waals surface area contributed by atoms with Crippen molar-refractivity contribution < 1.29 is 14.9 Å². The molecular formula is C16H21NO3. The highest BCUT2D eigenvalue weighted by molar-refractivity contribution is 5.50. The lowest BCUT2D eigenvalue weighted by atomic mass is 9.70. The maximum atomic E-state index is 10.5. The van der Waals surface area contributed by atoms with Gasteiger partial charge >= 0.3 is 0 Å². The fourth-order valence-electron chi connectivity index (χ4n) is 4.61.